The Kier molecular flexibility index (Phi) is 2.76. The van der Waals surface area contributed by atoms with E-state index in [0.717, 1.165) is 12.8 Å². The fourth-order valence-corrected chi connectivity index (χ4v) is 1.89. The average Bonchev–Trinajstić information content (AvgIpc) is 3.16. The molecule has 19 heavy (non-hydrogen) atoms. The Labute approximate surface area is 109 Å². The lowest BCUT2D eigenvalue weighted by Crippen LogP contribution is -2.12. The van der Waals surface area contributed by atoms with Crippen LogP contribution >= 0.6 is 0 Å². The van der Waals surface area contributed by atoms with Crippen molar-refractivity contribution in [2.45, 2.75) is 18.8 Å². The molecule has 3 rings (SSSR count). The molecule has 5 heteroatoms. The molecular formula is C14H11N3O2. The molecule has 0 radical (unpaired) electrons. The molecule has 0 saturated heterocycles. The Balaban J connectivity index is 1.76. The van der Waals surface area contributed by atoms with E-state index in [-0.39, 0.29) is 5.91 Å². The van der Waals surface area contributed by atoms with E-state index in [0.29, 0.717) is 28.5 Å². The molecule has 1 aliphatic carbocycles. The van der Waals surface area contributed by atoms with E-state index < -0.39 is 0 Å². The van der Waals surface area contributed by atoms with Crippen molar-refractivity contribution in [1.29, 1.82) is 5.26 Å². The maximum absolute atomic E-state index is 12.1. The van der Waals surface area contributed by atoms with Gasteiger partial charge in [0.25, 0.3) is 5.91 Å². The van der Waals surface area contributed by atoms with E-state index in [4.69, 9.17) is 9.78 Å². The first-order chi connectivity index (χ1) is 9.28. The second kappa shape index (κ2) is 4.58. The summed E-state index contributed by atoms with van der Waals surface area (Å²) in [7, 11) is 0. The van der Waals surface area contributed by atoms with Crippen LogP contribution in [0.25, 0.3) is 0 Å². The summed E-state index contributed by atoms with van der Waals surface area (Å²) in [6.07, 6.45) is 3.55. The molecule has 0 atom stereocenters. The van der Waals surface area contributed by atoms with Crippen LogP contribution in [-0.4, -0.2) is 11.1 Å². The highest BCUT2D eigenvalue weighted by Gasteiger charge is 2.32. The highest BCUT2D eigenvalue weighted by Crippen LogP contribution is 2.41. The summed E-state index contributed by atoms with van der Waals surface area (Å²) in [4.78, 5) is 12.1. The van der Waals surface area contributed by atoms with E-state index in [9.17, 15) is 4.79 Å². The first-order valence-electron chi connectivity index (χ1n) is 6.04. The Morgan fingerprint density at radius 2 is 2.11 bits per heavy atom. The first-order valence-corrected chi connectivity index (χ1v) is 6.04. The maximum atomic E-state index is 12.1. The van der Waals surface area contributed by atoms with Gasteiger partial charge in [-0.1, -0.05) is 5.16 Å². The predicted molar refractivity (Wildman–Crippen MR) is 67.6 cm³/mol. The zero-order valence-corrected chi connectivity index (χ0v) is 10.1. The van der Waals surface area contributed by atoms with Crippen LogP contribution in [-0.2, 0) is 0 Å². The van der Waals surface area contributed by atoms with Gasteiger partial charge in [0, 0.05) is 11.6 Å². The molecule has 0 spiro atoms. The molecule has 1 N–H and O–H groups in total. The third kappa shape index (κ3) is 2.33. The van der Waals surface area contributed by atoms with Crippen LogP contribution in [0.1, 0.15) is 40.4 Å². The summed E-state index contributed by atoms with van der Waals surface area (Å²) in [5.41, 5.74) is 1.69. The molecule has 94 valence electrons. The minimum Gasteiger partial charge on any atom is -0.360 e. The lowest BCUT2D eigenvalue weighted by atomic mass is 10.1. The van der Waals surface area contributed by atoms with Crippen molar-refractivity contribution in [3.05, 3.63) is 47.3 Å². The van der Waals surface area contributed by atoms with E-state index >= 15 is 0 Å². The molecule has 1 aromatic heterocycles. The summed E-state index contributed by atoms with van der Waals surface area (Å²) in [6, 6.07) is 8.74. The SMILES string of the molecule is N#Cc1ccc(NC(=O)c2cnoc2C2CC2)cc1. The number of anilines is 1. The number of carbonyl (C=O) groups is 1. The van der Waals surface area contributed by atoms with Gasteiger partial charge in [0.05, 0.1) is 17.8 Å². The highest BCUT2D eigenvalue weighted by atomic mass is 16.5. The number of nitriles is 1. The Morgan fingerprint density at radius 1 is 1.37 bits per heavy atom. The number of nitrogens with one attached hydrogen (secondary N) is 1. The standard InChI is InChI=1S/C14H11N3O2/c15-7-9-1-5-11(6-2-9)17-14(18)12-8-16-19-13(12)10-3-4-10/h1-2,5-6,8,10H,3-4H2,(H,17,18). The van der Waals surface area contributed by atoms with E-state index in [1.807, 2.05) is 6.07 Å². The molecule has 0 aliphatic heterocycles. The molecule has 0 unspecified atom stereocenters. The fraction of sp³-hybridized carbons (Fsp3) is 0.214. The summed E-state index contributed by atoms with van der Waals surface area (Å²) in [6.45, 7) is 0. The molecule has 1 aromatic carbocycles. The third-order valence-electron chi connectivity index (χ3n) is 3.06. The van der Waals surface area contributed by atoms with Gasteiger partial charge in [-0.2, -0.15) is 5.26 Å². The topological polar surface area (TPSA) is 78.9 Å². The number of hydrogen-bond acceptors (Lipinski definition) is 4. The lowest BCUT2D eigenvalue weighted by Gasteiger charge is -2.04. The molecule has 1 saturated carbocycles. The number of nitrogens with zero attached hydrogens (tertiary/aromatic N) is 2. The fourth-order valence-electron chi connectivity index (χ4n) is 1.89. The number of rotatable bonds is 3. The first kappa shape index (κ1) is 11.5. The third-order valence-corrected chi connectivity index (χ3v) is 3.06. The number of carbonyl (C=O) groups excluding carboxylic acids is 1. The van der Waals surface area contributed by atoms with Crippen molar-refractivity contribution in [2.24, 2.45) is 0 Å². The van der Waals surface area contributed by atoms with Gasteiger partial charge in [-0.25, -0.2) is 0 Å². The number of hydrogen-bond donors (Lipinski definition) is 1. The minimum absolute atomic E-state index is 0.229. The van der Waals surface area contributed by atoms with Crippen molar-refractivity contribution < 1.29 is 9.32 Å². The molecule has 5 nitrogen and oxygen atoms in total. The van der Waals surface area contributed by atoms with Gasteiger partial charge in [-0.15, -0.1) is 0 Å². The smallest absolute Gasteiger partial charge is 0.260 e. The largest absolute Gasteiger partial charge is 0.360 e. The van der Waals surface area contributed by atoms with Gasteiger partial charge < -0.3 is 9.84 Å². The molecule has 1 fully saturated rings. The van der Waals surface area contributed by atoms with E-state index in [1.54, 1.807) is 24.3 Å². The zero-order chi connectivity index (χ0) is 13.2. The number of benzene rings is 1. The maximum Gasteiger partial charge on any atom is 0.260 e. The van der Waals surface area contributed by atoms with Crippen molar-refractivity contribution in [2.75, 3.05) is 5.32 Å². The van der Waals surface area contributed by atoms with Crippen LogP contribution in [0.4, 0.5) is 5.69 Å². The lowest BCUT2D eigenvalue weighted by molar-refractivity contribution is 0.102. The van der Waals surface area contributed by atoms with Gasteiger partial charge in [-0.3, -0.25) is 4.79 Å². The van der Waals surface area contributed by atoms with E-state index in [1.165, 1.54) is 6.20 Å². The Bertz CT molecular complexity index is 648. The number of amides is 1. The van der Waals surface area contributed by atoms with Crippen LogP contribution in [0.2, 0.25) is 0 Å². The molecule has 1 heterocycles. The quantitative estimate of drug-likeness (QED) is 0.912. The summed E-state index contributed by atoms with van der Waals surface area (Å²) < 4.78 is 5.13. The normalized spacial score (nSPS) is 13.8. The van der Waals surface area contributed by atoms with E-state index in [2.05, 4.69) is 10.5 Å². The van der Waals surface area contributed by atoms with Crippen molar-refractivity contribution in [3.8, 4) is 6.07 Å². The molecule has 2 aromatic rings. The van der Waals surface area contributed by atoms with Crippen molar-refractivity contribution in [1.82, 2.24) is 5.16 Å². The Hall–Kier alpha value is -2.61. The van der Waals surface area contributed by atoms with Crippen molar-refractivity contribution in [3.63, 3.8) is 0 Å². The molecular weight excluding hydrogens is 242 g/mol. The van der Waals surface area contributed by atoms with Crippen LogP contribution in [0, 0.1) is 11.3 Å². The van der Waals surface area contributed by atoms with Crippen LogP contribution in [0.5, 0.6) is 0 Å². The number of aromatic nitrogens is 1. The van der Waals surface area contributed by atoms with Gasteiger partial charge in [0.2, 0.25) is 0 Å². The summed E-state index contributed by atoms with van der Waals surface area (Å²) >= 11 is 0. The predicted octanol–water partition coefficient (Wildman–Crippen LogP) is 2.68. The van der Waals surface area contributed by atoms with Crippen LogP contribution in [0.15, 0.2) is 35.0 Å². The van der Waals surface area contributed by atoms with Gasteiger partial charge >= 0.3 is 0 Å². The average molecular weight is 253 g/mol. The van der Waals surface area contributed by atoms with Gasteiger partial charge in [0.1, 0.15) is 5.56 Å². The summed E-state index contributed by atoms with van der Waals surface area (Å²) in [5.74, 6) is 0.781. The monoisotopic (exact) mass is 253 g/mol. The Morgan fingerprint density at radius 3 is 2.74 bits per heavy atom. The van der Waals surface area contributed by atoms with Gasteiger partial charge in [0.15, 0.2) is 5.76 Å². The second-order valence-corrected chi connectivity index (χ2v) is 4.52. The zero-order valence-electron chi connectivity index (χ0n) is 10.1. The van der Waals surface area contributed by atoms with Crippen LogP contribution in [0.3, 0.4) is 0 Å². The highest BCUT2D eigenvalue weighted by molar-refractivity contribution is 6.04. The molecule has 1 aliphatic rings. The van der Waals surface area contributed by atoms with Crippen molar-refractivity contribution >= 4 is 11.6 Å². The van der Waals surface area contributed by atoms with Gasteiger partial charge in [-0.05, 0) is 37.1 Å². The second-order valence-electron chi connectivity index (χ2n) is 4.52. The summed E-state index contributed by atoms with van der Waals surface area (Å²) in [5, 5.41) is 15.2. The minimum atomic E-state index is -0.229. The molecule has 1 amide bonds. The molecule has 0 bridgehead atoms. The van der Waals surface area contributed by atoms with Crippen LogP contribution < -0.4 is 5.32 Å².